The number of nitrogens with zero attached hydrogens (tertiary/aromatic N) is 1. The van der Waals surface area contributed by atoms with Crippen molar-refractivity contribution in [2.24, 2.45) is 0 Å². The lowest BCUT2D eigenvalue weighted by Crippen LogP contribution is -2.24. The predicted octanol–water partition coefficient (Wildman–Crippen LogP) is 1.10. The van der Waals surface area contributed by atoms with Crippen LogP contribution in [-0.2, 0) is 10.0 Å². The van der Waals surface area contributed by atoms with Crippen molar-refractivity contribution in [2.45, 2.75) is 0 Å². The molecule has 0 N–H and O–H groups in total. The number of hydrogen-bond donors (Lipinski definition) is 0. The first-order valence-electron chi connectivity index (χ1n) is 4.56. The van der Waals surface area contributed by atoms with Crippen LogP contribution in [0.2, 0.25) is 0 Å². The second-order valence-corrected chi connectivity index (χ2v) is 5.28. The molecule has 90 valence electrons. The number of rotatable bonds is 4. The Morgan fingerprint density at radius 3 is 2.12 bits per heavy atom. The molecule has 0 fully saturated rings. The largest absolute Gasteiger partial charge is 0.493 e. The molecule has 0 aliphatic carbocycles. The fraction of sp³-hybridized carbons (Fsp3) is 0.400. The van der Waals surface area contributed by atoms with E-state index in [0.29, 0.717) is 17.2 Å². The maximum Gasteiger partial charge on any atom is 0.231 e. The number of methoxy groups -OCH3 is 2. The van der Waals surface area contributed by atoms with Crippen LogP contribution in [0.5, 0.6) is 11.5 Å². The average molecular weight is 245 g/mol. The number of hydrogen-bond acceptors (Lipinski definition) is 4. The Hall–Kier alpha value is -1.43. The smallest absolute Gasteiger partial charge is 0.231 e. The number of anilines is 1. The minimum atomic E-state index is -3.26. The van der Waals surface area contributed by atoms with E-state index in [0.717, 1.165) is 6.26 Å². The van der Waals surface area contributed by atoms with Crippen molar-refractivity contribution in [3.05, 3.63) is 18.2 Å². The van der Waals surface area contributed by atoms with Gasteiger partial charge in [0.05, 0.1) is 26.2 Å². The monoisotopic (exact) mass is 245 g/mol. The van der Waals surface area contributed by atoms with E-state index in [1.807, 2.05) is 0 Å². The summed E-state index contributed by atoms with van der Waals surface area (Å²) in [4.78, 5) is 0. The zero-order valence-corrected chi connectivity index (χ0v) is 10.5. The van der Waals surface area contributed by atoms with Crippen LogP contribution in [0, 0.1) is 0 Å². The van der Waals surface area contributed by atoms with Crippen LogP contribution in [0.1, 0.15) is 0 Å². The van der Waals surface area contributed by atoms with Crippen LogP contribution in [0.4, 0.5) is 5.69 Å². The summed E-state index contributed by atoms with van der Waals surface area (Å²) in [6.07, 6.45) is 1.14. The summed E-state index contributed by atoms with van der Waals surface area (Å²) in [6, 6.07) is 4.93. The first-order valence-corrected chi connectivity index (χ1v) is 6.41. The SMILES string of the molecule is COc1ccc(N(C)S(C)(=O)=O)cc1OC. The maximum atomic E-state index is 11.3. The molecule has 1 rings (SSSR count). The Labute approximate surface area is 95.6 Å². The summed E-state index contributed by atoms with van der Waals surface area (Å²) >= 11 is 0. The molecule has 0 heterocycles. The van der Waals surface area contributed by atoms with Crippen molar-refractivity contribution in [1.29, 1.82) is 0 Å². The predicted molar refractivity (Wildman–Crippen MR) is 62.8 cm³/mol. The Balaban J connectivity index is 3.18. The zero-order valence-electron chi connectivity index (χ0n) is 9.72. The molecule has 0 saturated heterocycles. The second-order valence-electron chi connectivity index (χ2n) is 3.27. The van der Waals surface area contributed by atoms with Crippen LogP contribution in [0.3, 0.4) is 0 Å². The minimum absolute atomic E-state index is 0.496. The topological polar surface area (TPSA) is 55.8 Å². The summed E-state index contributed by atoms with van der Waals surface area (Å²) in [5.74, 6) is 1.06. The van der Waals surface area contributed by atoms with Crippen molar-refractivity contribution < 1.29 is 17.9 Å². The molecule has 0 aliphatic rings. The molecule has 0 spiro atoms. The third-order valence-electron chi connectivity index (χ3n) is 2.23. The molecule has 0 bridgehead atoms. The summed E-state index contributed by atoms with van der Waals surface area (Å²) in [7, 11) is 1.25. The van der Waals surface area contributed by atoms with Crippen molar-refractivity contribution in [2.75, 3.05) is 31.8 Å². The lowest BCUT2D eigenvalue weighted by molar-refractivity contribution is 0.355. The molecule has 0 amide bonds. The Morgan fingerprint density at radius 1 is 1.12 bits per heavy atom. The van der Waals surface area contributed by atoms with Gasteiger partial charge in [0.25, 0.3) is 0 Å². The molecular weight excluding hydrogens is 230 g/mol. The molecule has 0 saturated carbocycles. The van der Waals surface area contributed by atoms with E-state index < -0.39 is 10.0 Å². The third kappa shape index (κ3) is 2.57. The highest BCUT2D eigenvalue weighted by atomic mass is 32.2. The minimum Gasteiger partial charge on any atom is -0.493 e. The lowest BCUT2D eigenvalue weighted by Gasteiger charge is -2.18. The fourth-order valence-corrected chi connectivity index (χ4v) is 1.71. The average Bonchev–Trinajstić information content (AvgIpc) is 2.25. The van der Waals surface area contributed by atoms with E-state index in [-0.39, 0.29) is 0 Å². The van der Waals surface area contributed by atoms with E-state index in [1.165, 1.54) is 25.6 Å². The molecular formula is C10H15NO4S. The first-order chi connectivity index (χ1) is 7.40. The van der Waals surface area contributed by atoms with Gasteiger partial charge in [-0.2, -0.15) is 0 Å². The van der Waals surface area contributed by atoms with Gasteiger partial charge in [-0.3, -0.25) is 4.31 Å². The van der Waals surface area contributed by atoms with Crippen LogP contribution in [0.15, 0.2) is 18.2 Å². The normalized spacial score (nSPS) is 11.0. The number of benzene rings is 1. The van der Waals surface area contributed by atoms with Gasteiger partial charge in [-0.15, -0.1) is 0 Å². The molecule has 0 atom stereocenters. The van der Waals surface area contributed by atoms with Gasteiger partial charge in [-0.1, -0.05) is 0 Å². The van der Waals surface area contributed by atoms with E-state index >= 15 is 0 Å². The standard InChI is InChI=1S/C10H15NO4S/c1-11(16(4,12)13)8-5-6-9(14-2)10(7-8)15-3/h5-7H,1-4H3. The van der Waals surface area contributed by atoms with E-state index in [9.17, 15) is 8.42 Å². The van der Waals surface area contributed by atoms with Gasteiger partial charge in [-0.05, 0) is 12.1 Å². The van der Waals surface area contributed by atoms with Crippen molar-refractivity contribution >= 4 is 15.7 Å². The van der Waals surface area contributed by atoms with E-state index in [4.69, 9.17) is 9.47 Å². The summed E-state index contributed by atoms with van der Waals surface area (Å²) in [5.41, 5.74) is 0.528. The highest BCUT2D eigenvalue weighted by Gasteiger charge is 2.14. The summed E-state index contributed by atoms with van der Waals surface area (Å²) < 4.78 is 34.0. The Bertz CT molecular complexity index is 470. The zero-order chi connectivity index (χ0) is 12.3. The summed E-state index contributed by atoms with van der Waals surface area (Å²) in [5, 5.41) is 0. The second kappa shape index (κ2) is 4.61. The first kappa shape index (κ1) is 12.6. The Morgan fingerprint density at radius 2 is 1.69 bits per heavy atom. The Kier molecular flexibility index (Phi) is 3.64. The van der Waals surface area contributed by atoms with Gasteiger partial charge in [0.15, 0.2) is 11.5 Å². The molecule has 1 aromatic carbocycles. The fourth-order valence-electron chi connectivity index (χ4n) is 1.21. The van der Waals surface area contributed by atoms with Gasteiger partial charge in [0, 0.05) is 13.1 Å². The van der Waals surface area contributed by atoms with Crippen LogP contribution in [0.25, 0.3) is 0 Å². The third-order valence-corrected chi connectivity index (χ3v) is 3.43. The van der Waals surface area contributed by atoms with Crippen molar-refractivity contribution in [1.82, 2.24) is 0 Å². The maximum absolute atomic E-state index is 11.3. The van der Waals surface area contributed by atoms with Gasteiger partial charge < -0.3 is 9.47 Å². The molecule has 0 radical (unpaired) electrons. The van der Waals surface area contributed by atoms with E-state index in [1.54, 1.807) is 18.2 Å². The molecule has 0 aromatic heterocycles. The molecule has 6 heteroatoms. The summed E-state index contributed by atoms with van der Waals surface area (Å²) in [6.45, 7) is 0. The van der Waals surface area contributed by atoms with Crippen molar-refractivity contribution in [3.8, 4) is 11.5 Å². The van der Waals surface area contributed by atoms with Crippen molar-refractivity contribution in [3.63, 3.8) is 0 Å². The van der Waals surface area contributed by atoms with Gasteiger partial charge in [0.2, 0.25) is 10.0 Å². The quantitative estimate of drug-likeness (QED) is 0.797. The van der Waals surface area contributed by atoms with E-state index in [2.05, 4.69) is 0 Å². The highest BCUT2D eigenvalue weighted by Crippen LogP contribution is 2.31. The highest BCUT2D eigenvalue weighted by molar-refractivity contribution is 7.92. The number of sulfonamides is 1. The molecule has 1 aromatic rings. The lowest BCUT2D eigenvalue weighted by atomic mass is 10.3. The molecule has 0 aliphatic heterocycles. The van der Waals surface area contributed by atoms with Crippen LogP contribution in [-0.4, -0.2) is 35.9 Å². The van der Waals surface area contributed by atoms with Crippen LogP contribution >= 0.6 is 0 Å². The molecule has 16 heavy (non-hydrogen) atoms. The van der Waals surface area contributed by atoms with Crippen LogP contribution < -0.4 is 13.8 Å². The van der Waals surface area contributed by atoms with Gasteiger partial charge in [0.1, 0.15) is 0 Å². The van der Waals surface area contributed by atoms with Gasteiger partial charge in [-0.25, -0.2) is 8.42 Å². The number of ether oxygens (including phenoxy) is 2. The molecule has 5 nitrogen and oxygen atoms in total. The van der Waals surface area contributed by atoms with Gasteiger partial charge >= 0.3 is 0 Å². The molecule has 0 unspecified atom stereocenters.